The highest BCUT2D eigenvalue weighted by Crippen LogP contribution is 2.20. The zero-order chi connectivity index (χ0) is 19.9. The van der Waals surface area contributed by atoms with Crippen LogP contribution in [0.5, 0.6) is 0 Å². The highest BCUT2D eigenvalue weighted by molar-refractivity contribution is 6.30. The lowest BCUT2D eigenvalue weighted by Crippen LogP contribution is -2.43. The van der Waals surface area contributed by atoms with Crippen LogP contribution in [0.15, 0.2) is 29.3 Å². The summed E-state index contributed by atoms with van der Waals surface area (Å²) in [5, 5.41) is 9.86. The molecule has 2 rings (SSSR count). The number of nitrogens with one attached hydrogen (secondary N) is 3. The monoisotopic (exact) mass is 393 g/mol. The highest BCUT2D eigenvalue weighted by Gasteiger charge is 2.45. The van der Waals surface area contributed by atoms with Gasteiger partial charge in [-0.3, -0.25) is 9.69 Å². The first kappa shape index (κ1) is 21.0. The van der Waals surface area contributed by atoms with Crippen LogP contribution in [-0.4, -0.2) is 48.0 Å². The largest absolute Gasteiger partial charge is 0.357 e. The number of carbonyl (C=O) groups excluding carboxylic acids is 2. The van der Waals surface area contributed by atoms with Crippen LogP contribution in [0.2, 0.25) is 5.02 Å². The van der Waals surface area contributed by atoms with Gasteiger partial charge in [-0.05, 0) is 44.4 Å². The summed E-state index contributed by atoms with van der Waals surface area (Å²) < 4.78 is 0. The molecule has 8 heteroatoms. The van der Waals surface area contributed by atoms with Gasteiger partial charge in [0.2, 0.25) is 0 Å². The van der Waals surface area contributed by atoms with E-state index < -0.39 is 5.54 Å². The lowest BCUT2D eigenvalue weighted by Gasteiger charge is -2.19. The van der Waals surface area contributed by atoms with E-state index in [0.717, 1.165) is 12.1 Å². The lowest BCUT2D eigenvalue weighted by atomic mass is 9.99. The zero-order valence-electron chi connectivity index (χ0n) is 16.1. The second-order valence-electron chi connectivity index (χ2n) is 6.68. The molecule has 1 aliphatic rings. The highest BCUT2D eigenvalue weighted by atomic mass is 35.5. The van der Waals surface area contributed by atoms with Crippen molar-refractivity contribution in [1.82, 2.24) is 20.9 Å². The summed E-state index contributed by atoms with van der Waals surface area (Å²) >= 11 is 6.00. The molecule has 0 spiro atoms. The van der Waals surface area contributed by atoms with E-state index in [2.05, 4.69) is 20.9 Å². The van der Waals surface area contributed by atoms with Crippen molar-refractivity contribution in [1.29, 1.82) is 0 Å². The second-order valence-corrected chi connectivity index (χ2v) is 7.11. The zero-order valence-corrected chi connectivity index (χ0v) is 16.9. The second kappa shape index (κ2) is 9.60. The Balaban J connectivity index is 1.83. The van der Waals surface area contributed by atoms with Gasteiger partial charge in [-0.1, -0.05) is 30.7 Å². The molecule has 1 saturated heterocycles. The van der Waals surface area contributed by atoms with Crippen molar-refractivity contribution < 1.29 is 9.59 Å². The minimum absolute atomic E-state index is 0.156. The first-order valence-corrected chi connectivity index (χ1v) is 9.68. The minimum atomic E-state index is -0.780. The SMILES string of the molecule is CCNC(=NCc1cccc(Cl)c1)NCCCN1C(=O)NC(C)(CC)C1=O. The molecular weight excluding hydrogens is 366 g/mol. The molecule has 0 radical (unpaired) electrons. The van der Waals surface area contributed by atoms with Crippen LogP contribution in [0.3, 0.4) is 0 Å². The van der Waals surface area contributed by atoms with E-state index in [0.29, 0.717) is 43.5 Å². The molecule has 1 aromatic rings. The van der Waals surface area contributed by atoms with Crippen molar-refractivity contribution >= 4 is 29.5 Å². The molecule has 1 atom stereocenters. The quantitative estimate of drug-likeness (QED) is 0.274. The van der Waals surface area contributed by atoms with E-state index in [-0.39, 0.29) is 11.9 Å². The molecule has 0 aromatic heterocycles. The molecular formula is C19H28ClN5O2. The Bertz CT molecular complexity index is 709. The molecule has 0 aliphatic carbocycles. The predicted molar refractivity (Wildman–Crippen MR) is 108 cm³/mol. The summed E-state index contributed by atoms with van der Waals surface area (Å²) in [6.07, 6.45) is 1.22. The van der Waals surface area contributed by atoms with Gasteiger partial charge in [-0.2, -0.15) is 0 Å². The Hall–Kier alpha value is -2.28. The fraction of sp³-hybridized carbons (Fsp3) is 0.526. The van der Waals surface area contributed by atoms with Crippen molar-refractivity contribution in [2.75, 3.05) is 19.6 Å². The topological polar surface area (TPSA) is 85.8 Å². The molecule has 7 nitrogen and oxygen atoms in total. The van der Waals surface area contributed by atoms with Crippen LogP contribution < -0.4 is 16.0 Å². The van der Waals surface area contributed by atoms with Crippen molar-refractivity contribution in [3.8, 4) is 0 Å². The predicted octanol–water partition coefficient (Wildman–Crippen LogP) is 2.51. The smallest absolute Gasteiger partial charge is 0.325 e. The van der Waals surface area contributed by atoms with Crippen LogP contribution in [0, 0.1) is 0 Å². The maximum absolute atomic E-state index is 12.4. The third-order valence-corrected chi connectivity index (χ3v) is 4.79. The van der Waals surface area contributed by atoms with Crippen LogP contribution in [0.1, 0.15) is 39.2 Å². The summed E-state index contributed by atoms with van der Waals surface area (Å²) in [6.45, 7) is 7.87. The maximum atomic E-state index is 12.4. The van der Waals surface area contributed by atoms with Crippen molar-refractivity contribution in [2.24, 2.45) is 4.99 Å². The number of nitrogens with zero attached hydrogens (tertiary/aromatic N) is 2. The Morgan fingerprint density at radius 2 is 2.07 bits per heavy atom. The Labute approximate surface area is 165 Å². The average Bonchev–Trinajstić information content (AvgIpc) is 2.86. The molecule has 1 aromatic carbocycles. The number of amides is 3. The normalized spacial score (nSPS) is 20.0. The van der Waals surface area contributed by atoms with Gasteiger partial charge in [0.05, 0.1) is 6.54 Å². The van der Waals surface area contributed by atoms with Gasteiger partial charge in [-0.25, -0.2) is 9.79 Å². The fourth-order valence-corrected chi connectivity index (χ4v) is 2.99. The van der Waals surface area contributed by atoms with E-state index in [4.69, 9.17) is 11.6 Å². The molecule has 1 unspecified atom stereocenters. The molecule has 0 bridgehead atoms. The molecule has 0 saturated carbocycles. The molecule has 148 valence electrons. The number of hydrogen-bond donors (Lipinski definition) is 3. The number of hydrogen-bond acceptors (Lipinski definition) is 3. The number of benzene rings is 1. The standard InChI is InChI=1S/C19H28ClN5O2/c1-4-19(3)16(26)25(18(27)24-19)11-7-10-22-17(21-5-2)23-13-14-8-6-9-15(20)12-14/h6,8-9,12H,4-5,7,10-11,13H2,1-3H3,(H,24,27)(H2,21,22,23). The summed E-state index contributed by atoms with van der Waals surface area (Å²) in [4.78, 5) is 30.2. The number of aliphatic imine (C=N–C) groups is 1. The number of urea groups is 1. The van der Waals surface area contributed by atoms with Gasteiger partial charge in [0.1, 0.15) is 5.54 Å². The van der Waals surface area contributed by atoms with Crippen LogP contribution in [0.25, 0.3) is 0 Å². The number of carbonyl (C=O) groups is 2. The first-order valence-electron chi connectivity index (χ1n) is 9.30. The molecule has 1 aliphatic heterocycles. The number of halogens is 1. The average molecular weight is 394 g/mol. The molecule has 1 heterocycles. The van der Waals surface area contributed by atoms with Gasteiger partial charge < -0.3 is 16.0 Å². The van der Waals surface area contributed by atoms with Gasteiger partial charge in [-0.15, -0.1) is 0 Å². The Morgan fingerprint density at radius 3 is 2.70 bits per heavy atom. The first-order chi connectivity index (χ1) is 12.9. The summed E-state index contributed by atoms with van der Waals surface area (Å²) in [7, 11) is 0. The Morgan fingerprint density at radius 1 is 1.30 bits per heavy atom. The van der Waals surface area contributed by atoms with E-state index >= 15 is 0 Å². The van der Waals surface area contributed by atoms with Crippen molar-refractivity contribution in [2.45, 2.75) is 45.7 Å². The van der Waals surface area contributed by atoms with E-state index in [1.165, 1.54) is 4.90 Å². The molecule has 27 heavy (non-hydrogen) atoms. The third kappa shape index (κ3) is 5.60. The lowest BCUT2D eigenvalue weighted by molar-refractivity contribution is -0.130. The summed E-state index contributed by atoms with van der Waals surface area (Å²) in [6, 6.07) is 7.27. The molecule has 1 fully saturated rings. The summed E-state index contributed by atoms with van der Waals surface area (Å²) in [5.41, 5.74) is 0.246. The minimum Gasteiger partial charge on any atom is -0.357 e. The molecule has 3 amide bonds. The van der Waals surface area contributed by atoms with E-state index in [1.54, 1.807) is 6.92 Å². The van der Waals surface area contributed by atoms with Crippen LogP contribution in [0.4, 0.5) is 4.79 Å². The van der Waals surface area contributed by atoms with Gasteiger partial charge in [0.15, 0.2) is 5.96 Å². The third-order valence-electron chi connectivity index (χ3n) is 4.56. The van der Waals surface area contributed by atoms with E-state index in [9.17, 15) is 9.59 Å². The van der Waals surface area contributed by atoms with Gasteiger partial charge in [0.25, 0.3) is 5.91 Å². The maximum Gasteiger partial charge on any atom is 0.325 e. The van der Waals surface area contributed by atoms with Gasteiger partial charge >= 0.3 is 6.03 Å². The number of rotatable bonds is 8. The van der Waals surface area contributed by atoms with E-state index in [1.807, 2.05) is 38.1 Å². The van der Waals surface area contributed by atoms with Crippen LogP contribution in [-0.2, 0) is 11.3 Å². The van der Waals surface area contributed by atoms with Crippen LogP contribution >= 0.6 is 11.6 Å². The van der Waals surface area contributed by atoms with Crippen molar-refractivity contribution in [3.05, 3.63) is 34.9 Å². The Kier molecular flexibility index (Phi) is 7.47. The number of imide groups is 1. The van der Waals surface area contributed by atoms with Gasteiger partial charge in [0, 0.05) is 24.7 Å². The summed E-state index contributed by atoms with van der Waals surface area (Å²) in [5.74, 6) is 0.532. The number of guanidine groups is 1. The van der Waals surface area contributed by atoms with Crippen molar-refractivity contribution in [3.63, 3.8) is 0 Å². The fourth-order valence-electron chi connectivity index (χ4n) is 2.78. The molecule has 3 N–H and O–H groups in total.